The lowest BCUT2D eigenvalue weighted by Crippen LogP contribution is -2.49. The van der Waals surface area contributed by atoms with Gasteiger partial charge in [0.15, 0.2) is 0 Å². The van der Waals surface area contributed by atoms with Crippen molar-refractivity contribution >= 4 is 44.3 Å². The van der Waals surface area contributed by atoms with Crippen molar-refractivity contribution in [2.24, 2.45) is 0 Å². The van der Waals surface area contributed by atoms with Crippen LogP contribution in [0.15, 0.2) is 36.0 Å². The fraction of sp³-hybridized carbons (Fsp3) is 0.435. The summed E-state index contributed by atoms with van der Waals surface area (Å²) in [4.78, 5) is 34.2. The van der Waals surface area contributed by atoms with Crippen molar-refractivity contribution in [2.45, 2.75) is 32.6 Å². The highest BCUT2D eigenvalue weighted by Crippen LogP contribution is 2.32. The third-order valence-corrected chi connectivity index (χ3v) is 6.88. The van der Waals surface area contributed by atoms with E-state index in [1.165, 1.54) is 15.8 Å². The van der Waals surface area contributed by atoms with Gasteiger partial charge in [-0.25, -0.2) is 9.97 Å². The van der Waals surface area contributed by atoms with Crippen molar-refractivity contribution in [3.8, 4) is 0 Å². The van der Waals surface area contributed by atoms with E-state index in [2.05, 4.69) is 37.5 Å². The summed E-state index contributed by atoms with van der Waals surface area (Å²) in [6, 6.07) is 7.63. The third kappa shape index (κ3) is 4.47. The first kappa shape index (κ1) is 21.6. The molecule has 0 N–H and O–H groups in total. The molecule has 1 amide bonds. The number of nitrogens with zero attached hydrogens (tertiary/aromatic N) is 7. The molecule has 33 heavy (non-hydrogen) atoms. The zero-order valence-corrected chi connectivity index (χ0v) is 19.5. The zero-order valence-electron chi connectivity index (χ0n) is 18.7. The van der Waals surface area contributed by atoms with Gasteiger partial charge >= 0.3 is 0 Å². The molecule has 0 radical (unpaired) electrons. The molecule has 10 heteroatoms. The average Bonchev–Trinajstić information content (AvgIpc) is 3.46. The first-order chi connectivity index (χ1) is 16.2. The third-order valence-electron chi connectivity index (χ3n) is 5.95. The number of anilines is 1. The van der Waals surface area contributed by atoms with Crippen molar-refractivity contribution in [1.29, 1.82) is 0 Å². The van der Waals surface area contributed by atoms with Gasteiger partial charge in [0.25, 0.3) is 0 Å². The van der Waals surface area contributed by atoms with E-state index in [0.717, 1.165) is 47.6 Å². The number of carbonyl (C=O) groups is 1. The van der Waals surface area contributed by atoms with Gasteiger partial charge in [-0.1, -0.05) is 30.3 Å². The zero-order chi connectivity index (χ0) is 22.6. The molecule has 0 spiro atoms. The van der Waals surface area contributed by atoms with Crippen LogP contribution in [-0.4, -0.2) is 68.7 Å². The van der Waals surface area contributed by atoms with Crippen LogP contribution in [0, 0.1) is 0 Å². The molecule has 1 aliphatic rings. The lowest BCUT2D eigenvalue weighted by Gasteiger charge is -2.35. The molecule has 9 nitrogen and oxygen atoms in total. The van der Waals surface area contributed by atoms with Crippen LogP contribution < -0.4 is 9.74 Å². The molecule has 1 aliphatic heterocycles. The molecule has 3 aromatic heterocycles. The Kier molecular flexibility index (Phi) is 6.34. The second-order valence-electron chi connectivity index (χ2n) is 8.14. The topological polar surface area (TPSA) is 89.3 Å². The Morgan fingerprint density at radius 2 is 2.00 bits per heavy atom. The summed E-state index contributed by atoms with van der Waals surface area (Å²) in [6.45, 7) is 5.56. The molecule has 4 aromatic rings. The van der Waals surface area contributed by atoms with Gasteiger partial charge in [0.05, 0.1) is 5.39 Å². The number of aryl methyl sites for hydroxylation is 1. The van der Waals surface area contributed by atoms with Crippen molar-refractivity contribution in [3.63, 3.8) is 0 Å². The maximum atomic E-state index is 12.7. The molecule has 0 bridgehead atoms. The highest BCUT2D eigenvalue weighted by atomic mass is 32.1. The van der Waals surface area contributed by atoms with E-state index in [-0.39, 0.29) is 5.91 Å². The number of hydrogen-bond acceptors (Lipinski definition) is 8. The number of benzene rings is 1. The molecule has 1 fully saturated rings. The number of rotatable bonds is 8. The first-order valence-electron chi connectivity index (χ1n) is 11.4. The summed E-state index contributed by atoms with van der Waals surface area (Å²) in [7, 11) is 0. The molecule has 0 unspecified atom stereocenters. The van der Waals surface area contributed by atoms with Crippen LogP contribution in [0.4, 0.5) is 5.82 Å². The Bertz CT molecular complexity index is 1250. The van der Waals surface area contributed by atoms with E-state index in [0.29, 0.717) is 32.5 Å². The fourth-order valence-corrected chi connectivity index (χ4v) is 5.19. The van der Waals surface area contributed by atoms with Crippen molar-refractivity contribution in [3.05, 3.63) is 41.5 Å². The quantitative estimate of drug-likeness (QED) is 0.370. The molecule has 4 heterocycles. The molecule has 0 atom stereocenters. The number of piperazine rings is 1. The highest BCUT2D eigenvalue weighted by Gasteiger charge is 2.24. The van der Waals surface area contributed by atoms with E-state index in [1.807, 2.05) is 29.2 Å². The number of amides is 1. The lowest BCUT2D eigenvalue weighted by molar-refractivity contribution is -0.131. The SMILES string of the molecule is CCCc1csc2ncnc(N3CCN(C(=O)CCCOn4nnc5ccccc54)CC3)c12. The smallest absolute Gasteiger partial charge is 0.222 e. The number of thiophene rings is 1. The van der Waals surface area contributed by atoms with Gasteiger partial charge in [0.2, 0.25) is 5.91 Å². The molecule has 1 saturated heterocycles. The standard InChI is InChI=1S/C23H27N7O2S/c1-2-6-17-15-33-23-21(17)22(24-16-25-23)29-12-10-28(11-13-29)20(31)9-5-14-32-30-19-8-4-3-7-18(19)26-27-30/h3-4,7-8,15-16H,2,5-6,9-14H2,1H3. The predicted octanol–water partition coefficient (Wildman–Crippen LogP) is 2.95. The molecular weight excluding hydrogens is 438 g/mol. The van der Waals surface area contributed by atoms with Crippen LogP contribution in [0.25, 0.3) is 21.3 Å². The number of hydrogen-bond donors (Lipinski definition) is 0. The average molecular weight is 466 g/mol. The Labute approximate surface area is 195 Å². The molecule has 172 valence electrons. The predicted molar refractivity (Wildman–Crippen MR) is 128 cm³/mol. The maximum absolute atomic E-state index is 12.7. The fourth-order valence-electron chi connectivity index (χ4n) is 4.25. The van der Waals surface area contributed by atoms with Crippen LogP contribution in [0.5, 0.6) is 0 Å². The molecule has 0 aliphatic carbocycles. The number of aromatic nitrogens is 5. The second kappa shape index (κ2) is 9.70. The Morgan fingerprint density at radius 1 is 1.15 bits per heavy atom. The molecule has 0 saturated carbocycles. The van der Waals surface area contributed by atoms with E-state index in [9.17, 15) is 4.79 Å². The van der Waals surface area contributed by atoms with Gasteiger partial charge < -0.3 is 14.6 Å². The normalized spacial score (nSPS) is 14.3. The molecule has 5 rings (SSSR count). The lowest BCUT2D eigenvalue weighted by atomic mass is 10.1. The van der Waals surface area contributed by atoms with Crippen LogP contribution in [0.2, 0.25) is 0 Å². The van der Waals surface area contributed by atoms with Crippen molar-refractivity contribution in [2.75, 3.05) is 37.7 Å². The van der Waals surface area contributed by atoms with Crippen LogP contribution in [-0.2, 0) is 11.2 Å². The van der Waals surface area contributed by atoms with Crippen LogP contribution in [0.3, 0.4) is 0 Å². The number of carbonyl (C=O) groups excluding carboxylic acids is 1. The van der Waals surface area contributed by atoms with E-state index >= 15 is 0 Å². The van der Waals surface area contributed by atoms with Crippen LogP contribution in [0.1, 0.15) is 31.7 Å². The Hall–Kier alpha value is -3.27. The van der Waals surface area contributed by atoms with Gasteiger partial charge in [0.1, 0.15) is 34.6 Å². The van der Waals surface area contributed by atoms with E-state index in [1.54, 1.807) is 17.7 Å². The van der Waals surface area contributed by atoms with Crippen molar-refractivity contribution < 1.29 is 9.63 Å². The summed E-state index contributed by atoms with van der Waals surface area (Å²) in [5.41, 5.74) is 2.94. The first-order valence-corrected chi connectivity index (χ1v) is 12.3. The van der Waals surface area contributed by atoms with Gasteiger partial charge in [-0.3, -0.25) is 4.79 Å². The Morgan fingerprint density at radius 3 is 2.85 bits per heavy atom. The number of para-hydroxylation sites is 1. The summed E-state index contributed by atoms with van der Waals surface area (Å²) in [6.07, 6.45) is 4.87. The number of fused-ring (bicyclic) bond motifs is 2. The van der Waals surface area contributed by atoms with Crippen molar-refractivity contribution in [1.82, 2.24) is 30.0 Å². The van der Waals surface area contributed by atoms with Gasteiger partial charge in [-0.05, 0) is 41.1 Å². The van der Waals surface area contributed by atoms with E-state index in [4.69, 9.17) is 4.84 Å². The summed E-state index contributed by atoms with van der Waals surface area (Å²) in [5.74, 6) is 1.17. The summed E-state index contributed by atoms with van der Waals surface area (Å²) < 4.78 is 0. The van der Waals surface area contributed by atoms with E-state index < -0.39 is 0 Å². The van der Waals surface area contributed by atoms with Gasteiger partial charge in [-0.15, -0.1) is 16.4 Å². The largest absolute Gasteiger partial charge is 0.395 e. The van der Waals surface area contributed by atoms with Crippen LogP contribution >= 0.6 is 11.3 Å². The minimum absolute atomic E-state index is 0.164. The van der Waals surface area contributed by atoms with Gasteiger partial charge in [0, 0.05) is 32.6 Å². The maximum Gasteiger partial charge on any atom is 0.222 e. The summed E-state index contributed by atoms with van der Waals surface area (Å²) >= 11 is 1.68. The molecular formula is C23H27N7O2S. The monoisotopic (exact) mass is 465 g/mol. The minimum atomic E-state index is 0.164. The molecule has 1 aromatic carbocycles. The summed E-state index contributed by atoms with van der Waals surface area (Å²) in [5, 5.41) is 11.5. The highest BCUT2D eigenvalue weighted by molar-refractivity contribution is 7.17. The Balaban J connectivity index is 1.13. The van der Waals surface area contributed by atoms with Gasteiger partial charge in [-0.2, -0.15) is 0 Å². The second-order valence-corrected chi connectivity index (χ2v) is 9.00. The minimum Gasteiger partial charge on any atom is -0.395 e.